The van der Waals surface area contributed by atoms with Gasteiger partial charge in [0.05, 0.1) is 5.75 Å². The molecule has 0 saturated carbocycles. The van der Waals surface area contributed by atoms with E-state index in [2.05, 4.69) is 37.4 Å². The van der Waals surface area contributed by atoms with E-state index in [4.69, 9.17) is 0 Å². The van der Waals surface area contributed by atoms with Gasteiger partial charge >= 0.3 is 0 Å². The monoisotopic (exact) mass is 308 g/mol. The molecule has 1 aromatic carbocycles. The third kappa shape index (κ3) is 5.79. The van der Waals surface area contributed by atoms with Gasteiger partial charge in [-0.1, -0.05) is 23.8 Å². The topological polar surface area (TPSA) is 49.4 Å². The molecular formula is C16H24N2O2S. The summed E-state index contributed by atoms with van der Waals surface area (Å²) < 4.78 is 0. The summed E-state index contributed by atoms with van der Waals surface area (Å²) in [5.74, 6) is 0.964. The zero-order valence-corrected chi connectivity index (χ0v) is 14.2. The van der Waals surface area contributed by atoms with Crippen LogP contribution >= 0.6 is 11.8 Å². The third-order valence-corrected chi connectivity index (χ3v) is 4.17. The molecule has 0 heterocycles. The number of amides is 2. The average Bonchev–Trinajstić information content (AvgIpc) is 2.41. The molecule has 116 valence electrons. The maximum atomic E-state index is 11.8. The highest BCUT2D eigenvalue weighted by Crippen LogP contribution is 2.17. The lowest BCUT2D eigenvalue weighted by Crippen LogP contribution is -2.44. The molecule has 0 radical (unpaired) electrons. The lowest BCUT2D eigenvalue weighted by molar-refractivity contribution is -0.133. The molecule has 0 aliphatic heterocycles. The molecule has 2 amide bonds. The van der Waals surface area contributed by atoms with Crippen LogP contribution < -0.4 is 5.32 Å². The second-order valence-electron chi connectivity index (χ2n) is 5.44. The smallest absolute Gasteiger partial charge is 0.244 e. The van der Waals surface area contributed by atoms with Crippen LogP contribution in [0.4, 0.5) is 0 Å². The van der Waals surface area contributed by atoms with Crippen molar-refractivity contribution >= 4 is 23.6 Å². The lowest BCUT2D eigenvalue weighted by atomic mass is 10.1. The van der Waals surface area contributed by atoms with E-state index in [1.807, 2.05) is 0 Å². The van der Waals surface area contributed by atoms with Crippen LogP contribution in [0, 0.1) is 13.8 Å². The largest absolute Gasteiger partial charge is 0.347 e. The van der Waals surface area contributed by atoms with Crippen LogP contribution in [-0.2, 0) is 15.3 Å². The number of hydrogen-bond acceptors (Lipinski definition) is 3. The maximum Gasteiger partial charge on any atom is 0.244 e. The average molecular weight is 308 g/mol. The number of nitrogens with zero attached hydrogens (tertiary/aromatic N) is 1. The van der Waals surface area contributed by atoms with E-state index in [-0.39, 0.29) is 11.8 Å². The number of carbonyl (C=O) groups excluding carboxylic acids is 2. The second kappa shape index (κ2) is 8.08. The number of nitrogens with one attached hydrogen (secondary N) is 1. The Labute approximate surface area is 131 Å². The van der Waals surface area contributed by atoms with Gasteiger partial charge in [-0.3, -0.25) is 9.59 Å². The molecule has 1 atom stereocenters. The van der Waals surface area contributed by atoms with Crippen LogP contribution in [0.3, 0.4) is 0 Å². The molecule has 0 fully saturated rings. The van der Waals surface area contributed by atoms with Gasteiger partial charge < -0.3 is 10.2 Å². The van der Waals surface area contributed by atoms with Crippen LogP contribution in [0.25, 0.3) is 0 Å². The number of rotatable bonds is 6. The van der Waals surface area contributed by atoms with E-state index < -0.39 is 6.04 Å². The van der Waals surface area contributed by atoms with Crippen LogP contribution in [0.2, 0.25) is 0 Å². The lowest BCUT2D eigenvalue weighted by Gasteiger charge is -2.17. The number of thioether (sulfide) groups is 1. The maximum absolute atomic E-state index is 11.8. The van der Waals surface area contributed by atoms with E-state index in [9.17, 15) is 9.59 Å². The van der Waals surface area contributed by atoms with Gasteiger partial charge in [0.15, 0.2) is 0 Å². The molecule has 1 aromatic rings. The molecule has 1 N–H and O–H groups in total. The Kier molecular flexibility index (Phi) is 6.75. The Hall–Kier alpha value is -1.49. The fraction of sp³-hybridized carbons (Fsp3) is 0.500. The zero-order valence-electron chi connectivity index (χ0n) is 13.4. The third-order valence-electron chi connectivity index (χ3n) is 3.18. The first-order valence-electron chi connectivity index (χ1n) is 6.95. The predicted molar refractivity (Wildman–Crippen MR) is 88.4 cm³/mol. The standard InChI is InChI=1S/C16H24N2O2S/c1-11-6-7-12(2)14(8-11)9-21-10-15(19)17-13(3)16(20)18(4)5/h6-8,13H,9-10H2,1-5H3,(H,17,19)/t13-/m1/s1. The molecule has 21 heavy (non-hydrogen) atoms. The minimum Gasteiger partial charge on any atom is -0.347 e. The van der Waals surface area contributed by atoms with Crippen LogP contribution in [-0.4, -0.2) is 42.6 Å². The molecule has 0 saturated heterocycles. The summed E-state index contributed by atoms with van der Waals surface area (Å²) >= 11 is 1.56. The minimum atomic E-state index is -0.478. The van der Waals surface area contributed by atoms with Crippen LogP contribution in [0.1, 0.15) is 23.6 Å². The van der Waals surface area contributed by atoms with E-state index in [1.54, 1.807) is 32.8 Å². The van der Waals surface area contributed by atoms with Gasteiger partial charge in [0, 0.05) is 19.8 Å². The van der Waals surface area contributed by atoms with Gasteiger partial charge in [0.2, 0.25) is 11.8 Å². The summed E-state index contributed by atoms with van der Waals surface area (Å²) in [5, 5.41) is 2.72. The number of aryl methyl sites for hydroxylation is 2. The van der Waals surface area contributed by atoms with Gasteiger partial charge in [0.1, 0.15) is 6.04 Å². The molecule has 4 nitrogen and oxygen atoms in total. The highest BCUT2D eigenvalue weighted by Gasteiger charge is 2.16. The number of likely N-dealkylation sites (N-methyl/N-ethyl adjacent to an activating group) is 1. The Morgan fingerprint density at radius 3 is 2.57 bits per heavy atom. The van der Waals surface area contributed by atoms with Crippen molar-refractivity contribution in [3.63, 3.8) is 0 Å². The van der Waals surface area contributed by atoms with Gasteiger partial charge in [-0.25, -0.2) is 0 Å². The van der Waals surface area contributed by atoms with Crippen molar-refractivity contribution < 1.29 is 9.59 Å². The molecule has 0 bridgehead atoms. The molecule has 0 aliphatic rings. The Morgan fingerprint density at radius 1 is 1.29 bits per heavy atom. The number of benzene rings is 1. The first-order chi connectivity index (χ1) is 9.81. The van der Waals surface area contributed by atoms with Gasteiger partial charge in [-0.15, -0.1) is 11.8 Å². The van der Waals surface area contributed by atoms with Gasteiger partial charge in [0.25, 0.3) is 0 Å². The predicted octanol–water partition coefficient (Wildman–Crippen LogP) is 2.13. The van der Waals surface area contributed by atoms with Crippen molar-refractivity contribution in [3.05, 3.63) is 34.9 Å². The quantitative estimate of drug-likeness (QED) is 0.876. The van der Waals surface area contributed by atoms with Crippen molar-refractivity contribution in [1.29, 1.82) is 0 Å². The highest BCUT2D eigenvalue weighted by molar-refractivity contribution is 7.99. The molecular weight excluding hydrogens is 284 g/mol. The van der Waals surface area contributed by atoms with E-state index in [0.717, 1.165) is 5.75 Å². The van der Waals surface area contributed by atoms with E-state index >= 15 is 0 Å². The fourth-order valence-corrected chi connectivity index (χ4v) is 2.84. The Balaban J connectivity index is 2.40. The molecule has 0 aliphatic carbocycles. The Bertz CT molecular complexity index is 515. The SMILES string of the molecule is Cc1ccc(C)c(CSCC(=O)N[C@H](C)C(=O)N(C)C)c1. The van der Waals surface area contributed by atoms with Crippen LogP contribution in [0.5, 0.6) is 0 Å². The summed E-state index contributed by atoms with van der Waals surface area (Å²) in [6.45, 7) is 5.84. The van der Waals surface area contributed by atoms with Gasteiger partial charge in [-0.2, -0.15) is 0 Å². The normalized spacial score (nSPS) is 11.9. The molecule has 0 unspecified atom stereocenters. The Morgan fingerprint density at radius 2 is 1.95 bits per heavy atom. The van der Waals surface area contributed by atoms with Crippen molar-refractivity contribution in [2.24, 2.45) is 0 Å². The summed E-state index contributed by atoms with van der Waals surface area (Å²) in [7, 11) is 3.36. The van der Waals surface area contributed by atoms with Crippen LogP contribution in [0.15, 0.2) is 18.2 Å². The fourth-order valence-electron chi connectivity index (χ4n) is 1.94. The highest BCUT2D eigenvalue weighted by atomic mass is 32.2. The molecule has 0 aromatic heterocycles. The summed E-state index contributed by atoms with van der Waals surface area (Å²) in [5.41, 5.74) is 3.72. The summed E-state index contributed by atoms with van der Waals surface area (Å²) in [4.78, 5) is 25.0. The van der Waals surface area contributed by atoms with Crippen molar-refractivity contribution in [1.82, 2.24) is 10.2 Å². The van der Waals surface area contributed by atoms with Crippen molar-refractivity contribution in [2.75, 3.05) is 19.8 Å². The minimum absolute atomic E-state index is 0.0946. The van der Waals surface area contributed by atoms with Crippen molar-refractivity contribution in [2.45, 2.75) is 32.6 Å². The second-order valence-corrected chi connectivity index (χ2v) is 6.43. The van der Waals surface area contributed by atoms with Gasteiger partial charge in [-0.05, 0) is 31.9 Å². The number of hydrogen-bond donors (Lipinski definition) is 1. The summed E-state index contributed by atoms with van der Waals surface area (Å²) in [6, 6.07) is 5.86. The van der Waals surface area contributed by atoms with E-state index in [0.29, 0.717) is 5.75 Å². The van der Waals surface area contributed by atoms with Crippen molar-refractivity contribution in [3.8, 4) is 0 Å². The first-order valence-corrected chi connectivity index (χ1v) is 8.11. The number of carbonyl (C=O) groups is 2. The molecule has 1 rings (SSSR count). The zero-order chi connectivity index (χ0) is 16.0. The molecule has 5 heteroatoms. The first kappa shape index (κ1) is 17.6. The summed E-state index contributed by atoms with van der Waals surface area (Å²) in [6.07, 6.45) is 0. The van der Waals surface area contributed by atoms with E-state index in [1.165, 1.54) is 21.6 Å². The molecule has 0 spiro atoms.